The van der Waals surface area contributed by atoms with Crippen molar-refractivity contribution in [3.8, 4) is 11.5 Å². The minimum absolute atomic E-state index is 0.0495. The average molecular weight is 380 g/mol. The standard InChI is InChI=1S/C17H20N2O4S2/c1-11-8-14(5-7-17(11)24-3)23-16-9-15(25(18,21)22)6-4-13(16)10-19-12(2)20/h4-9H,10H2,1-3H3,(H,19,20)(H2,18,21,22). The highest BCUT2D eigenvalue weighted by Gasteiger charge is 2.14. The van der Waals surface area contributed by atoms with Gasteiger partial charge in [-0.25, -0.2) is 13.6 Å². The van der Waals surface area contributed by atoms with E-state index in [9.17, 15) is 13.2 Å². The second-order valence-electron chi connectivity index (χ2n) is 5.46. The number of amides is 1. The molecular weight excluding hydrogens is 360 g/mol. The van der Waals surface area contributed by atoms with Crippen LogP contribution in [0.25, 0.3) is 0 Å². The highest BCUT2D eigenvalue weighted by Crippen LogP contribution is 2.31. The van der Waals surface area contributed by atoms with E-state index in [0.717, 1.165) is 10.5 Å². The Morgan fingerprint density at radius 2 is 1.96 bits per heavy atom. The second kappa shape index (κ2) is 7.90. The molecule has 6 nitrogen and oxygen atoms in total. The Labute approximate surface area is 151 Å². The summed E-state index contributed by atoms with van der Waals surface area (Å²) < 4.78 is 29.1. The van der Waals surface area contributed by atoms with Crippen molar-refractivity contribution in [3.05, 3.63) is 47.5 Å². The number of carbonyl (C=O) groups is 1. The van der Waals surface area contributed by atoms with Crippen LogP contribution in [0, 0.1) is 6.92 Å². The fourth-order valence-electron chi connectivity index (χ4n) is 2.21. The van der Waals surface area contributed by atoms with Gasteiger partial charge in [0.2, 0.25) is 15.9 Å². The molecule has 2 aromatic rings. The van der Waals surface area contributed by atoms with Crippen LogP contribution < -0.4 is 15.2 Å². The van der Waals surface area contributed by atoms with Gasteiger partial charge in [-0.15, -0.1) is 11.8 Å². The Morgan fingerprint density at radius 1 is 1.24 bits per heavy atom. The molecule has 0 heterocycles. The highest BCUT2D eigenvalue weighted by molar-refractivity contribution is 7.98. The molecule has 3 N–H and O–H groups in total. The molecule has 0 atom stereocenters. The topological polar surface area (TPSA) is 98.5 Å². The Bertz CT molecular complexity index is 896. The summed E-state index contributed by atoms with van der Waals surface area (Å²) in [6, 6.07) is 9.95. The number of aryl methyl sites for hydroxylation is 1. The number of hydrogen-bond acceptors (Lipinski definition) is 5. The number of rotatable bonds is 6. The largest absolute Gasteiger partial charge is 0.457 e. The zero-order chi connectivity index (χ0) is 18.6. The number of ether oxygens (including phenoxy) is 1. The molecule has 0 spiro atoms. The van der Waals surface area contributed by atoms with E-state index >= 15 is 0 Å². The van der Waals surface area contributed by atoms with Crippen molar-refractivity contribution in [2.75, 3.05) is 6.26 Å². The molecule has 134 valence electrons. The van der Waals surface area contributed by atoms with Gasteiger partial charge in [-0.1, -0.05) is 6.07 Å². The van der Waals surface area contributed by atoms with E-state index in [0.29, 0.717) is 17.1 Å². The van der Waals surface area contributed by atoms with Crippen molar-refractivity contribution in [1.29, 1.82) is 0 Å². The summed E-state index contributed by atoms with van der Waals surface area (Å²) in [6.45, 7) is 3.60. The van der Waals surface area contributed by atoms with Gasteiger partial charge in [0.25, 0.3) is 0 Å². The molecule has 1 amide bonds. The summed E-state index contributed by atoms with van der Waals surface area (Å²) in [4.78, 5) is 12.2. The van der Waals surface area contributed by atoms with Crippen molar-refractivity contribution in [1.82, 2.24) is 5.32 Å². The summed E-state index contributed by atoms with van der Waals surface area (Å²) in [6.07, 6.45) is 1.99. The molecule has 0 aliphatic heterocycles. The van der Waals surface area contributed by atoms with Crippen molar-refractivity contribution < 1.29 is 17.9 Å². The monoisotopic (exact) mass is 380 g/mol. The van der Waals surface area contributed by atoms with Gasteiger partial charge in [-0.3, -0.25) is 4.79 Å². The average Bonchev–Trinajstić information content (AvgIpc) is 2.52. The smallest absolute Gasteiger partial charge is 0.238 e. The first-order valence-corrected chi connectivity index (χ1v) is 10.2. The molecule has 8 heteroatoms. The van der Waals surface area contributed by atoms with E-state index in [1.54, 1.807) is 17.8 Å². The summed E-state index contributed by atoms with van der Waals surface area (Å²) in [5.41, 5.74) is 1.70. The molecule has 0 aliphatic rings. The molecular formula is C17H20N2O4S2. The van der Waals surface area contributed by atoms with Crippen molar-refractivity contribution in [3.63, 3.8) is 0 Å². The molecule has 25 heavy (non-hydrogen) atoms. The number of sulfonamides is 1. The first-order valence-electron chi connectivity index (χ1n) is 7.43. The van der Waals surface area contributed by atoms with Crippen LogP contribution in [0.15, 0.2) is 46.2 Å². The number of thioether (sulfide) groups is 1. The Morgan fingerprint density at radius 3 is 2.52 bits per heavy atom. The van der Waals surface area contributed by atoms with Gasteiger partial charge in [0.05, 0.1) is 4.90 Å². The van der Waals surface area contributed by atoms with Crippen molar-refractivity contribution in [2.24, 2.45) is 5.14 Å². The van der Waals surface area contributed by atoms with Gasteiger partial charge in [-0.2, -0.15) is 0 Å². The molecule has 0 aliphatic carbocycles. The Hall–Kier alpha value is -2.03. The van der Waals surface area contributed by atoms with Crippen LogP contribution in [-0.2, 0) is 21.4 Å². The summed E-state index contributed by atoms with van der Waals surface area (Å²) in [5, 5.41) is 7.87. The third-order valence-corrected chi connectivity index (χ3v) is 5.30. The predicted octanol–water partition coefficient (Wildman–Crippen LogP) is 2.79. The number of benzene rings is 2. The minimum atomic E-state index is -3.86. The van der Waals surface area contributed by atoms with Crippen molar-refractivity contribution >= 4 is 27.7 Å². The summed E-state index contributed by atoms with van der Waals surface area (Å²) in [7, 11) is -3.86. The van der Waals surface area contributed by atoms with Gasteiger partial charge >= 0.3 is 0 Å². The maximum absolute atomic E-state index is 11.6. The van der Waals surface area contributed by atoms with Crippen LogP contribution in [0.1, 0.15) is 18.1 Å². The lowest BCUT2D eigenvalue weighted by atomic mass is 10.2. The van der Waals surface area contributed by atoms with Crippen LogP contribution in [0.2, 0.25) is 0 Å². The minimum Gasteiger partial charge on any atom is -0.457 e. The third-order valence-electron chi connectivity index (χ3n) is 3.49. The molecule has 2 aromatic carbocycles. The molecule has 0 bridgehead atoms. The van der Waals surface area contributed by atoms with Crippen LogP contribution in [0.4, 0.5) is 0 Å². The fraction of sp³-hybridized carbons (Fsp3) is 0.235. The molecule has 0 aromatic heterocycles. The normalized spacial score (nSPS) is 11.2. The van der Waals surface area contributed by atoms with Crippen LogP contribution in [0.5, 0.6) is 11.5 Å². The van der Waals surface area contributed by atoms with E-state index < -0.39 is 10.0 Å². The van der Waals surface area contributed by atoms with Gasteiger partial charge < -0.3 is 10.1 Å². The lowest BCUT2D eigenvalue weighted by Crippen LogP contribution is -2.19. The number of primary sulfonamides is 1. The quantitative estimate of drug-likeness (QED) is 0.751. The van der Waals surface area contributed by atoms with Crippen LogP contribution in [-0.4, -0.2) is 20.6 Å². The van der Waals surface area contributed by atoms with Gasteiger partial charge in [-0.05, 0) is 43.0 Å². The summed E-state index contributed by atoms with van der Waals surface area (Å²) >= 11 is 1.63. The van der Waals surface area contributed by atoms with E-state index in [1.165, 1.54) is 19.1 Å². The van der Waals surface area contributed by atoms with E-state index in [2.05, 4.69) is 5.32 Å². The van der Waals surface area contributed by atoms with Gasteiger partial charge in [0.15, 0.2) is 0 Å². The fourth-order valence-corrected chi connectivity index (χ4v) is 3.33. The number of nitrogens with two attached hydrogens (primary N) is 1. The maximum atomic E-state index is 11.6. The van der Waals surface area contributed by atoms with E-state index in [1.807, 2.05) is 31.4 Å². The lowest BCUT2D eigenvalue weighted by molar-refractivity contribution is -0.119. The zero-order valence-electron chi connectivity index (χ0n) is 14.2. The maximum Gasteiger partial charge on any atom is 0.238 e. The van der Waals surface area contributed by atoms with Crippen molar-refractivity contribution in [2.45, 2.75) is 30.2 Å². The second-order valence-corrected chi connectivity index (χ2v) is 7.87. The molecule has 0 saturated heterocycles. The molecule has 0 fully saturated rings. The van der Waals surface area contributed by atoms with E-state index in [4.69, 9.17) is 9.88 Å². The lowest BCUT2D eigenvalue weighted by Gasteiger charge is -2.14. The highest BCUT2D eigenvalue weighted by atomic mass is 32.2. The zero-order valence-corrected chi connectivity index (χ0v) is 15.8. The van der Waals surface area contributed by atoms with Gasteiger partial charge in [0.1, 0.15) is 11.5 Å². The number of hydrogen-bond donors (Lipinski definition) is 2. The Balaban J connectivity index is 2.41. The summed E-state index contributed by atoms with van der Waals surface area (Å²) in [5.74, 6) is 0.712. The molecule has 0 radical (unpaired) electrons. The van der Waals surface area contributed by atoms with Gasteiger partial charge in [0, 0.05) is 30.0 Å². The number of carbonyl (C=O) groups excluding carboxylic acids is 1. The van der Waals surface area contributed by atoms with Crippen LogP contribution >= 0.6 is 11.8 Å². The predicted molar refractivity (Wildman–Crippen MR) is 98.4 cm³/mol. The molecule has 2 rings (SSSR count). The first-order chi connectivity index (χ1) is 11.7. The molecule has 0 unspecified atom stereocenters. The molecule has 0 saturated carbocycles. The first kappa shape index (κ1) is 19.3. The van der Waals surface area contributed by atoms with E-state index in [-0.39, 0.29) is 17.3 Å². The van der Waals surface area contributed by atoms with Crippen LogP contribution in [0.3, 0.4) is 0 Å². The SMILES string of the molecule is CSc1ccc(Oc2cc(S(N)(=O)=O)ccc2CNC(C)=O)cc1C. The number of nitrogens with one attached hydrogen (secondary N) is 1. The Kier molecular flexibility index (Phi) is 6.10. The third kappa shape index (κ3) is 5.22.